The van der Waals surface area contributed by atoms with Gasteiger partial charge in [0, 0.05) is 5.56 Å². The summed E-state index contributed by atoms with van der Waals surface area (Å²) in [4.78, 5) is 23.0. The van der Waals surface area contributed by atoms with Gasteiger partial charge in [0.05, 0.1) is 0 Å². The number of rotatable bonds is 6. The summed E-state index contributed by atoms with van der Waals surface area (Å²) in [5.41, 5.74) is 1.98. The fraction of sp³-hybridized carbons (Fsp3) is 0. The monoisotopic (exact) mass is 382 g/mol. The predicted octanol–water partition coefficient (Wildman–Crippen LogP) is 6.30. The van der Waals surface area contributed by atoms with Crippen LogP contribution in [0.2, 0.25) is 0 Å². The Morgan fingerprint density at radius 1 is 0.586 bits per heavy atom. The van der Waals surface area contributed by atoms with Gasteiger partial charge in [-0.3, -0.25) is 4.89 Å². The van der Waals surface area contributed by atoms with Gasteiger partial charge in [0.15, 0.2) is 5.75 Å². The highest BCUT2D eigenvalue weighted by Crippen LogP contribution is 2.36. The van der Waals surface area contributed by atoms with Crippen LogP contribution in [0.1, 0.15) is 10.4 Å². The van der Waals surface area contributed by atoms with Crippen molar-refractivity contribution in [3.05, 3.63) is 115 Å². The average molecular weight is 382 g/mol. The number of carbonyl (C=O) groups excluding carboxylic acids is 1. The first-order valence-corrected chi connectivity index (χ1v) is 9.16. The van der Waals surface area contributed by atoms with Crippen LogP contribution in [0.4, 0.5) is 0 Å². The lowest BCUT2D eigenvalue weighted by molar-refractivity contribution is -0.149. The fourth-order valence-corrected chi connectivity index (χ4v) is 2.87. The third-order valence-corrected chi connectivity index (χ3v) is 4.24. The van der Waals surface area contributed by atoms with Gasteiger partial charge in [0.2, 0.25) is 0 Å². The molecule has 4 heteroatoms. The molecule has 0 atom stereocenters. The Hall–Kier alpha value is -4.05. The van der Waals surface area contributed by atoms with Gasteiger partial charge in [0.1, 0.15) is 17.1 Å². The maximum Gasteiger partial charge on any atom is 0.389 e. The van der Waals surface area contributed by atoms with Gasteiger partial charge in [0.25, 0.3) is 0 Å². The van der Waals surface area contributed by atoms with Crippen LogP contribution < -0.4 is 9.62 Å². The minimum Gasteiger partial charge on any atom is -0.456 e. The summed E-state index contributed by atoms with van der Waals surface area (Å²) in [7, 11) is 0. The van der Waals surface area contributed by atoms with Gasteiger partial charge in [-0.05, 0) is 35.9 Å². The number of carbonyl (C=O) groups is 1. The second kappa shape index (κ2) is 8.76. The van der Waals surface area contributed by atoms with Crippen molar-refractivity contribution in [1.29, 1.82) is 0 Å². The number of benzene rings is 4. The van der Waals surface area contributed by atoms with Crippen molar-refractivity contribution in [2.45, 2.75) is 0 Å². The highest BCUT2D eigenvalue weighted by atomic mass is 17.2. The maximum atomic E-state index is 12.8. The number of hydrogen-bond acceptors (Lipinski definition) is 4. The van der Waals surface area contributed by atoms with Crippen LogP contribution in [-0.4, -0.2) is 5.97 Å². The van der Waals surface area contributed by atoms with Gasteiger partial charge in [-0.15, -0.1) is 0 Å². The van der Waals surface area contributed by atoms with E-state index in [0.29, 0.717) is 17.2 Å². The molecule has 0 heterocycles. The number of para-hydroxylation sites is 3. The summed E-state index contributed by atoms with van der Waals surface area (Å²) >= 11 is 0. The molecule has 0 aliphatic carbocycles. The summed E-state index contributed by atoms with van der Waals surface area (Å²) in [5, 5.41) is 0. The van der Waals surface area contributed by atoms with E-state index >= 15 is 0 Å². The average Bonchev–Trinajstić information content (AvgIpc) is 2.79. The molecule has 0 aliphatic rings. The Labute approximate surface area is 168 Å². The normalized spacial score (nSPS) is 10.2. The zero-order valence-corrected chi connectivity index (χ0v) is 15.5. The molecular formula is C25H18O4. The first-order chi connectivity index (χ1) is 14.3. The molecule has 0 amide bonds. The molecule has 4 aromatic rings. The van der Waals surface area contributed by atoms with Gasteiger partial charge < -0.3 is 4.74 Å². The smallest absolute Gasteiger partial charge is 0.389 e. The Kier molecular flexibility index (Phi) is 5.53. The molecule has 0 radical (unpaired) electrons. The van der Waals surface area contributed by atoms with E-state index in [1.165, 1.54) is 0 Å². The summed E-state index contributed by atoms with van der Waals surface area (Å²) in [6.45, 7) is 0. The molecule has 142 valence electrons. The van der Waals surface area contributed by atoms with Crippen LogP contribution in [0, 0.1) is 0 Å². The molecule has 4 rings (SSSR count). The topological polar surface area (TPSA) is 44.8 Å². The van der Waals surface area contributed by atoms with E-state index in [9.17, 15) is 4.79 Å². The standard InChI is InChI=1S/C25H18O4/c26-25(29-28-21-15-8-3-9-16-21)23-18-10-17-22(19-11-4-1-5-12-19)24(23)27-20-13-6-2-7-14-20/h1-18H. The highest BCUT2D eigenvalue weighted by molar-refractivity contribution is 5.95. The van der Waals surface area contributed by atoms with Crippen molar-refractivity contribution in [1.82, 2.24) is 0 Å². The molecule has 0 saturated carbocycles. The molecule has 0 unspecified atom stereocenters. The van der Waals surface area contributed by atoms with E-state index < -0.39 is 5.97 Å². The van der Waals surface area contributed by atoms with E-state index in [1.807, 2.05) is 72.8 Å². The summed E-state index contributed by atoms with van der Waals surface area (Å²) in [6.07, 6.45) is 0. The van der Waals surface area contributed by atoms with E-state index in [1.54, 1.807) is 36.4 Å². The molecule has 0 aliphatic heterocycles. The van der Waals surface area contributed by atoms with Crippen LogP contribution >= 0.6 is 0 Å². The summed E-state index contributed by atoms with van der Waals surface area (Å²) < 4.78 is 6.11. The lowest BCUT2D eigenvalue weighted by Gasteiger charge is -2.15. The molecule has 0 saturated heterocycles. The molecule has 0 aromatic heterocycles. The van der Waals surface area contributed by atoms with Crippen molar-refractivity contribution < 1.29 is 19.3 Å². The van der Waals surface area contributed by atoms with E-state index in [-0.39, 0.29) is 5.56 Å². The third kappa shape index (κ3) is 4.45. The first-order valence-electron chi connectivity index (χ1n) is 9.16. The molecule has 29 heavy (non-hydrogen) atoms. The molecule has 0 fully saturated rings. The Bertz CT molecular complexity index is 1080. The molecule has 0 bridgehead atoms. The van der Waals surface area contributed by atoms with Gasteiger partial charge in [-0.1, -0.05) is 78.9 Å². The summed E-state index contributed by atoms with van der Waals surface area (Å²) in [5.74, 6) is 0.823. The van der Waals surface area contributed by atoms with E-state index in [2.05, 4.69) is 0 Å². The van der Waals surface area contributed by atoms with Crippen molar-refractivity contribution in [3.8, 4) is 28.4 Å². The quantitative estimate of drug-likeness (QED) is 0.290. The highest BCUT2D eigenvalue weighted by Gasteiger charge is 2.21. The van der Waals surface area contributed by atoms with Crippen molar-refractivity contribution in [2.75, 3.05) is 0 Å². The SMILES string of the molecule is O=C(OOc1ccccc1)c1cccc(-c2ccccc2)c1Oc1ccccc1. The Balaban J connectivity index is 1.69. The summed E-state index contributed by atoms with van der Waals surface area (Å²) in [6, 6.07) is 33.2. The van der Waals surface area contributed by atoms with Gasteiger partial charge in [-0.2, -0.15) is 0 Å². The van der Waals surface area contributed by atoms with Crippen LogP contribution in [0.25, 0.3) is 11.1 Å². The second-order valence-corrected chi connectivity index (χ2v) is 6.23. The molecular weight excluding hydrogens is 364 g/mol. The largest absolute Gasteiger partial charge is 0.456 e. The van der Waals surface area contributed by atoms with Gasteiger partial charge >= 0.3 is 5.97 Å². The van der Waals surface area contributed by atoms with Crippen LogP contribution in [-0.2, 0) is 4.89 Å². The van der Waals surface area contributed by atoms with E-state index in [4.69, 9.17) is 14.5 Å². The van der Waals surface area contributed by atoms with Crippen LogP contribution in [0.3, 0.4) is 0 Å². The second-order valence-electron chi connectivity index (χ2n) is 6.23. The van der Waals surface area contributed by atoms with Crippen LogP contribution in [0.15, 0.2) is 109 Å². The predicted molar refractivity (Wildman–Crippen MR) is 111 cm³/mol. The molecule has 4 nitrogen and oxygen atoms in total. The van der Waals surface area contributed by atoms with Crippen molar-refractivity contribution in [3.63, 3.8) is 0 Å². The zero-order valence-electron chi connectivity index (χ0n) is 15.5. The maximum absolute atomic E-state index is 12.8. The molecule has 0 N–H and O–H groups in total. The Morgan fingerprint density at radius 3 is 1.83 bits per heavy atom. The fourth-order valence-electron chi connectivity index (χ4n) is 2.87. The van der Waals surface area contributed by atoms with Crippen molar-refractivity contribution >= 4 is 5.97 Å². The number of ether oxygens (including phenoxy) is 1. The van der Waals surface area contributed by atoms with Crippen LogP contribution in [0.5, 0.6) is 17.2 Å². The minimum absolute atomic E-state index is 0.270. The Morgan fingerprint density at radius 2 is 1.17 bits per heavy atom. The lowest BCUT2D eigenvalue weighted by Crippen LogP contribution is -2.10. The minimum atomic E-state index is -0.641. The first kappa shape index (κ1) is 18.3. The zero-order chi connectivity index (χ0) is 19.9. The van der Waals surface area contributed by atoms with Crippen molar-refractivity contribution in [2.24, 2.45) is 0 Å². The molecule has 0 spiro atoms. The molecule has 4 aromatic carbocycles. The van der Waals surface area contributed by atoms with Gasteiger partial charge in [-0.25, -0.2) is 9.68 Å². The van der Waals surface area contributed by atoms with E-state index in [0.717, 1.165) is 11.1 Å². The third-order valence-electron chi connectivity index (χ3n) is 4.24. The lowest BCUT2D eigenvalue weighted by atomic mass is 10.0. The number of hydrogen-bond donors (Lipinski definition) is 0.